The van der Waals surface area contributed by atoms with Crippen molar-refractivity contribution in [2.75, 3.05) is 50.0 Å². The largest absolute Gasteiger partial charge is 0.404 e. The highest BCUT2D eigenvalue weighted by atomic mass is 19.1. The van der Waals surface area contributed by atoms with Crippen molar-refractivity contribution in [3.05, 3.63) is 65.0 Å². The third kappa shape index (κ3) is 7.25. The number of anilines is 3. The number of halogens is 1. The van der Waals surface area contributed by atoms with Gasteiger partial charge in [-0.25, -0.2) is 14.4 Å². The van der Waals surface area contributed by atoms with Crippen LogP contribution in [0.4, 0.5) is 21.8 Å². The lowest BCUT2D eigenvalue weighted by Gasteiger charge is -2.57. The first kappa shape index (κ1) is 36.5. The van der Waals surface area contributed by atoms with Gasteiger partial charge in [0.05, 0.1) is 23.8 Å². The molecule has 0 bridgehead atoms. The maximum absolute atomic E-state index is 15.4. The van der Waals surface area contributed by atoms with Crippen LogP contribution in [0, 0.1) is 16.6 Å². The molecule has 4 aliphatic rings. The normalized spacial score (nSPS) is 22.2. The van der Waals surface area contributed by atoms with Gasteiger partial charge in [-0.3, -0.25) is 24.2 Å². The molecule has 53 heavy (non-hydrogen) atoms. The number of hydrogen-bond donors (Lipinski definition) is 3. The number of hydrogen-bond acceptors (Lipinski definition) is 10. The second-order valence-corrected chi connectivity index (χ2v) is 16.4. The SMILES string of the molecule is CN=C/C(=C\N)c1ccc(Nc2nn(C3CCN(C4CCN(c5ncc(C(=O)NC6C(C)(C)CC6(C)C)cn5)CC4)C3)c3c2CN(C=O)CC3)c(F)c1. The third-order valence-electron chi connectivity index (χ3n) is 11.7. The maximum Gasteiger partial charge on any atom is 0.254 e. The van der Waals surface area contributed by atoms with Crippen LogP contribution in [-0.4, -0.2) is 99.9 Å². The van der Waals surface area contributed by atoms with Crippen molar-refractivity contribution < 1.29 is 14.0 Å². The standard InChI is InChI=1S/C39H52FN11O2/c1-38(2)23-39(3,4)36(38)46-35(53)27-19-43-37(44-20-27)49-13-8-28(9-14-49)50-15-10-29(21-50)51-33-11-12-48(24-52)22-30(33)34(47-51)45-32-7-6-25(16-31(32)40)26(17-41)18-42-5/h6-7,16-20,24,28-29,36H,8-15,21-23,41H2,1-5H3,(H,45,47)(H,46,53)/b26-17+,42-18?. The van der Waals surface area contributed by atoms with E-state index in [-0.39, 0.29) is 28.8 Å². The number of amides is 2. The molecular weight excluding hydrogens is 674 g/mol. The molecule has 282 valence electrons. The van der Waals surface area contributed by atoms with Crippen molar-refractivity contribution in [2.45, 2.75) is 84.5 Å². The topological polar surface area (TPSA) is 150 Å². The van der Waals surface area contributed by atoms with Crippen LogP contribution in [-0.2, 0) is 17.8 Å². The number of carbonyl (C=O) groups is 2. The van der Waals surface area contributed by atoms with Crippen LogP contribution >= 0.6 is 0 Å². The molecule has 5 heterocycles. The van der Waals surface area contributed by atoms with Crippen molar-refractivity contribution in [2.24, 2.45) is 21.6 Å². The minimum Gasteiger partial charge on any atom is -0.404 e. The minimum atomic E-state index is -0.430. The van der Waals surface area contributed by atoms with Crippen LogP contribution in [0.2, 0.25) is 0 Å². The number of nitrogens with zero attached hydrogens (tertiary/aromatic N) is 8. The number of allylic oxidation sites excluding steroid dienone is 1. The summed E-state index contributed by atoms with van der Waals surface area (Å²) in [5.41, 5.74) is 9.96. The van der Waals surface area contributed by atoms with E-state index in [2.05, 4.69) is 67.8 Å². The molecule has 2 amide bonds. The molecule has 3 aliphatic heterocycles. The van der Waals surface area contributed by atoms with Gasteiger partial charge in [0.2, 0.25) is 12.4 Å². The summed E-state index contributed by atoms with van der Waals surface area (Å²) in [7, 11) is 1.64. The fourth-order valence-electron chi connectivity index (χ4n) is 9.48. The number of piperidine rings is 1. The van der Waals surface area contributed by atoms with Crippen LogP contribution < -0.4 is 21.3 Å². The van der Waals surface area contributed by atoms with Gasteiger partial charge in [-0.05, 0) is 54.2 Å². The van der Waals surface area contributed by atoms with Crippen molar-refractivity contribution in [3.8, 4) is 0 Å². The number of nitrogens with two attached hydrogens (primary N) is 1. The quantitative estimate of drug-likeness (QED) is 0.202. The van der Waals surface area contributed by atoms with E-state index in [1.165, 1.54) is 12.3 Å². The Kier molecular flexibility index (Phi) is 10.0. The van der Waals surface area contributed by atoms with Gasteiger partial charge in [-0.15, -0.1) is 0 Å². The van der Waals surface area contributed by atoms with Crippen LogP contribution in [0.5, 0.6) is 0 Å². The number of likely N-dealkylation sites (tertiary alicyclic amines) is 1. The van der Waals surface area contributed by atoms with Crippen LogP contribution in [0.15, 0.2) is 41.8 Å². The highest BCUT2D eigenvalue weighted by Crippen LogP contribution is 2.53. The molecule has 2 saturated heterocycles. The number of benzene rings is 1. The van der Waals surface area contributed by atoms with E-state index < -0.39 is 5.82 Å². The molecule has 1 atom stereocenters. The van der Waals surface area contributed by atoms with Gasteiger partial charge >= 0.3 is 0 Å². The molecule has 3 fully saturated rings. The zero-order valence-corrected chi connectivity index (χ0v) is 31.5. The van der Waals surface area contributed by atoms with Gasteiger partial charge in [-0.2, -0.15) is 5.10 Å². The summed E-state index contributed by atoms with van der Waals surface area (Å²) in [6, 6.07) is 5.63. The molecule has 3 aromatic rings. The molecule has 0 radical (unpaired) electrons. The Balaban J connectivity index is 0.981. The first-order valence-electron chi connectivity index (χ1n) is 18.7. The van der Waals surface area contributed by atoms with Crippen LogP contribution in [0.1, 0.15) is 86.6 Å². The number of fused-ring (bicyclic) bond motifs is 1. The lowest BCUT2D eigenvalue weighted by atomic mass is 9.52. The fraction of sp³-hybridized carbons (Fsp3) is 0.538. The van der Waals surface area contributed by atoms with Gasteiger partial charge < -0.3 is 26.2 Å². The van der Waals surface area contributed by atoms with E-state index in [1.807, 2.05) is 0 Å². The number of nitrogens with one attached hydrogen (secondary N) is 2. The summed E-state index contributed by atoms with van der Waals surface area (Å²) in [5.74, 6) is 0.688. The summed E-state index contributed by atoms with van der Waals surface area (Å²) in [4.78, 5) is 44.5. The predicted octanol–water partition coefficient (Wildman–Crippen LogP) is 4.54. The van der Waals surface area contributed by atoms with Crippen molar-refractivity contribution in [3.63, 3.8) is 0 Å². The van der Waals surface area contributed by atoms with E-state index in [0.717, 1.165) is 69.5 Å². The second-order valence-electron chi connectivity index (χ2n) is 16.4. The van der Waals surface area contributed by atoms with E-state index in [9.17, 15) is 9.59 Å². The Morgan fingerprint density at radius 3 is 2.38 bits per heavy atom. The van der Waals surface area contributed by atoms with E-state index in [1.54, 1.807) is 42.7 Å². The second kappa shape index (κ2) is 14.5. The van der Waals surface area contributed by atoms with Gasteiger partial charge in [0.15, 0.2) is 5.82 Å². The maximum atomic E-state index is 15.4. The van der Waals surface area contributed by atoms with E-state index in [0.29, 0.717) is 59.7 Å². The highest BCUT2D eigenvalue weighted by molar-refractivity contribution is 6.09. The van der Waals surface area contributed by atoms with Crippen molar-refractivity contribution in [1.82, 2.24) is 34.9 Å². The lowest BCUT2D eigenvalue weighted by molar-refractivity contribution is -0.118. The molecule has 1 unspecified atom stereocenters. The Morgan fingerprint density at radius 2 is 1.74 bits per heavy atom. The zero-order chi connectivity index (χ0) is 37.5. The molecule has 0 spiro atoms. The van der Waals surface area contributed by atoms with Crippen LogP contribution in [0.25, 0.3) is 5.57 Å². The summed E-state index contributed by atoms with van der Waals surface area (Å²) in [5, 5.41) is 11.5. The lowest BCUT2D eigenvalue weighted by Crippen LogP contribution is -2.63. The first-order valence-corrected chi connectivity index (χ1v) is 18.7. The summed E-state index contributed by atoms with van der Waals surface area (Å²) in [6.45, 7) is 13.4. The Hall–Kier alpha value is -4.85. The average molecular weight is 726 g/mol. The van der Waals surface area contributed by atoms with Gasteiger partial charge in [0, 0.05) is 99.9 Å². The minimum absolute atomic E-state index is 0.0729. The molecule has 1 aliphatic carbocycles. The summed E-state index contributed by atoms with van der Waals surface area (Å²) in [6.07, 6.45) is 11.9. The Morgan fingerprint density at radius 1 is 1.02 bits per heavy atom. The van der Waals surface area contributed by atoms with Crippen molar-refractivity contribution >= 4 is 41.6 Å². The number of carbonyl (C=O) groups excluding carboxylic acids is 2. The molecule has 1 aromatic carbocycles. The van der Waals surface area contributed by atoms with Gasteiger partial charge in [0.1, 0.15) is 5.82 Å². The highest BCUT2D eigenvalue weighted by Gasteiger charge is 2.53. The number of rotatable bonds is 10. The molecular formula is C39H52FN11O2. The fourth-order valence-corrected chi connectivity index (χ4v) is 9.48. The molecule has 4 N–H and O–H groups in total. The predicted molar refractivity (Wildman–Crippen MR) is 205 cm³/mol. The monoisotopic (exact) mass is 725 g/mol. The third-order valence-corrected chi connectivity index (χ3v) is 11.7. The molecule has 1 saturated carbocycles. The van der Waals surface area contributed by atoms with E-state index >= 15 is 4.39 Å². The Labute approximate surface area is 310 Å². The zero-order valence-electron chi connectivity index (χ0n) is 31.5. The van der Waals surface area contributed by atoms with E-state index in [4.69, 9.17) is 10.8 Å². The Bertz CT molecular complexity index is 1880. The summed E-state index contributed by atoms with van der Waals surface area (Å²) < 4.78 is 17.5. The van der Waals surface area contributed by atoms with Crippen LogP contribution in [0.3, 0.4) is 0 Å². The molecule has 13 nitrogen and oxygen atoms in total. The summed E-state index contributed by atoms with van der Waals surface area (Å²) >= 11 is 0. The first-order chi connectivity index (χ1) is 25.4. The molecule has 7 rings (SSSR count). The van der Waals surface area contributed by atoms with Gasteiger partial charge in [0.25, 0.3) is 5.91 Å². The average Bonchev–Trinajstić information content (AvgIpc) is 3.78. The van der Waals surface area contributed by atoms with Gasteiger partial charge in [-0.1, -0.05) is 33.8 Å². The smallest absolute Gasteiger partial charge is 0.254 e. The number of aromatic nitrogens is 4. The molecule has 2 aromatic heterocycles. The number of aliphatic imine (C=N–C) groups is 1. The van der Waals surface area contributed by atoms with Crippen molar-refractivity contribution in [1.29, 1.82) is 0 Å². The molecule has 14 heteroatoms.